The Kier molecular flexibility index (Phi) is 5.24. The van der Waals surface area contributed by atoms with E-state index < -0.39 is 11.4 Å². The Balaban J connectivity index is 1.38. The van der Waals surface area contributed by atoms with Crippen molar-refractivity contribution < 1.29 is 18.8 Å². The fraction of sp³-hybridized carbons (Fsp3) is 0.333. The fourth-order valence-electron chi connectivity index (χ4n) is 3.72. The summed E-state index contributed by atoms with van der Waals surface area (Å²) in [5.74, 6) is -1.21. The van der Waals surface area contributed by atoms with Gasteiger partial charge in [-0.1, -0.05) is 17.3 Å². The molecule has 8 heteroatoms. The Morgan fingerprint density at radius 3 is 2.79 bits per heavy atom. The first-order chi connectivity index (χ1) is 14.1. The summed E-state index contributed by atoms with van der Waals surface area (Å²) in [4.78, 5) is 36.4. The molecule has 29 heavy (non-hydrogen) atoms. The van der Waals surface area contributed by atoms with Crippen LogP contribution in [0.3, 0.4) is 0 Å². The van der Waals surface area contributed by atoms with Crippen LogP contribution in [0.5, 0.6) is 0 Å². The number of hydrogen-bond donors (Lipinski definition) is 1. The number of nitrogens with one attached hydrogen (secondary N) is 1. The first kappa shape index (κ1) is 19.0. The zero-order valence-corrected chi connectivity index (χ0v) is 15.8. The number of oxime groups is 1. The van der Waals surface area contributed by atoms with Crippen LogP contribution in [0.1, 0.15) is 35.2 Å². The predicted molar refractivity (Wildman–Crippen MR) is 103 cm³/mol. The number of pyridine rings is 1. The Labute approximate surface area is 167 Å². The standard InChI is InChI=1S/C21H21FN4O3/c22-17-5-2-1-4-16(17)20(28)26-11-3-8-21(14-26)12-18(25-29-21)19(27)24-13-15-6-9-23-10-7-15/h1-2,4-7,9-10H,3,8,11-14H2,(H,24,27). The number of likely N-dealkylation sites (tertiary alicyclic amines) is 1. The van der Waals surface area contributed by atoms with Gasteiger partial charge in [0.15, 0.2) is 5.60 Å². The number of carbonyl (C=O) groups is 2. The summed E-state index contributed by atoms with van der Waals surface area (Å²) in [5, 5.41) is 6.81. The highest BCUT2D eigenvalue weighted by Gasteiger charge is 2.45. The van der Waals surface area contributed by atoms with Crippen molar-refractivity contribution in [3.63, 3.8) is 0 Å². The van der Waals surface area contributed by atoms with Crippen molar-refractivity contribution in [3.8, 4) is 0 Å². The number of halogens is 1. The third-order valence-corrected chi connectivity index (χ3v) is 5.23. The van der Waals surface area contributed by atoms with Crippen LogP contribution < -0.4 is 5.32 Å². The van der Waals surface area contributed by atoms with E-state index in [0.29, 0.717) is 38.1 Å². The first-order valence-corrected chi connectivity index (χ1v) is 9.52. The van der Waals surface area contributed by atoms with Gasteiger partial charge in [-0.05, 0) is 42.7 Å². The molecule has 1 saturated heterocycles. The lowest BCUT2D eigenvalue weighted by Gasteiger charge is -2.38. The Hall–Kier alpha value is -3.29. The van der Waals surface area contributed by atoms with Crippen molar-refractivity contribution >= 4 is 17.5 Å². The van der Waals surface area contributed by atoms with Gasteiger partial charge in [0, 0.05) is 31.9 Å². The third-order valence-electron chi connectivity index (χ3n) is 5.23. The Morgan fingerprint density at radius 1 is 1.21 bits per heavy atom. The lowest BCUT2D eigenvalue weighted by atomic mass is 9.87. The van der Waals surface area contributed by atoms with Crippen molar-refractivity contribution in [2.45, 2.75) is 31.4 Å². The summed E-state index contributed by atoms with van der Waals surface area (Å²) >= 11 is 0. The molecule has 0 saturated carbocycles. The molecule has 2 amide bonds. The number of benzene rings is 1. The van der Waals surface area contributed by atoms with Crippen LogP contribution in [0.15, 0.2) is 53.9 Å². The molecule has 0 radical (unpaired) electrons. The highest BCUT2D eigenvalue weighted by atomic mass is 19.1. The van der Waals surface area contributed by atoms with Crippen LogP contribution in [0.25, 0.3) is 0 Å². The van der Waals surface area contributed by atoms with Gasteiger partial charge in [0.05, 0.1) is 12.1 Å². The smallest absolute Gasteiger partial charge is 0.269 e. The summed E-state index contributed by atoms with van der Waals surface area (Å²) in [6.45, 7) is 1.15. The molecule has 1 N–H and O–H groups in total. The second-order valence-electron chi connectivity index (χ2n) is 7.34. The van der Waals surface area contributed by atoms with Gasteiger partial charge in [-0.2, -0.15) is 0 Å². The van der Waals surface area contributed by atoms with Gasteiger partial charge in [0.2, 0.25) is 0 Å². The highest BCUT2D eigenvalue weighted by Crippen LogP contribution is 2.34. The highest BCUT2D eigenvalue weighted by molar-refractivity contribution is 6.39. The summed E-state index contributed by atoms with van der Waals surface area (Å²) in [6.07, 6.45) is 5.02. The topological polar surface area (TPSA) is 83.9 Å². The average molecular weight is 396 g/mol. The first-order valence-electron chi connectivity index (χ1n) is 9.52. The molecule has 7 nitrogen and oxygen atoms in total. The minimum atomic E-state index is -0.734. The lowest BCUT2D eigenvalue weighted by molar-refractivity contribution is -0.115. The molecule has 4 rings (SSSR count). The second kappa shape index (κ2) is 7.98. The molecule has 0 bridgehead atoms. The molecule has 1 spiro atoms. The second-order valence-corrected chi connectivity index (χ2v) is 7.34. The molecule has 1 unspecified atom stereocenters. The number of nitrogens with zero attached hydrogens (tertiary/aromatic N) is 3. The van der Waals surface area contributed by atoms with Gasteiger partial charge in [0.1, 0.15) is 11.5 Å². The molecule has 1 aromatic carbocycles. The van der Waals surface area contributed by atoms with Gasteiger partial charge in [-0.3, -0.25) is 14.6 Å². The van der Waals surface area contributed by atoms with Crippen LogP contribution in [0, 0.1) is 5.82 Å². The van der Waals surface area contributed by atoms with Crippen LogP contribution in [-0.2, 0) is 16.2 Å². The van der Waals surface area contributed by atoms with E-state index >= 15 is 0 Å². The molecule has 1 atom stereocenters. The molecule has 2 aromatic rings. The van der Waals surface area contributed by atoms with E-state index in [1.807, 2.05) is 12.1 Å². The molecular weight excluding hydrogens is 375 g/mol. The lowest BCUT2D eigenvalue weighted by Crippen LogP contribution is -2.51. The monoisotopic (exact) mass is 396 g/mol. The van der Waals surface area contributed by atoms with E-state index in [1.54, 1.807) is 29.4 Å². The molecule has 2 aliphatic heterocycles. The largest absolute Gasteiger partial charge is 0.386 e. The van der Waals surface area contributed by atoms with Crippen LogP contribution in [0.2, 0.25) is 0 Å². The maximum Gasteiger partial charge on any atom is 0.269 e. The molecule has 0 aliphatic carbocycles. The van der Waals surface area contributed by atoms with E-state index in [9.17, 15) is 14.0 Å². The van der Waals surface area contributed by atoms with Gasteiger partial charge in [-0.15, -0.1) is 0 Å². The van der Waals surface area contributed by atoms with E-state index in [1.165, 1.54) is 12.1 Å². The molecular formula is C21H21FN4O3. The number of amides is 2. The minimum absolute atomic E-state index is 0.0405. The predicted octanol–water partition coefficient (Wildman–Crippen LogP) is 2.29. The van der Waals surface area contributed by atoms with Gasteiger partial charge >= 0.3 is 0 Å². The molecule has 150 valence electrons. The number of aromatic nitrogens is 1. The third kappa shape index (κ3) is 4.11. The molecule has 3 heterocycles. The van der Waals surface area contributed by atoms with Crippen molar-refractivity contribution in [1.29, 1.82) is 0 Å². The van der Waals surface area contributed by atoms with Crippen LogP contribution in [0.4, 0.5) is 4.39 Å². The number of rotatable bonds is 4. The zero-order chi connectivity index (χ0) is 20.3. The van der Waals surface area contributed by atoms with Crippen molar-refractivity contribution in [1.82, 2.24) is 15.2 Å². The number of carbonyl (C=O) groups excluding carboxylic acids is 2. The normalized spacial score (nSPS) is 20.9. The van der Waals surface area contributed by atoms with Crippen LogP contribution in [-0.4, -0.2) is 46.1 Å². The molecule has 1 fully saturated rings. The molecule has 2 aliphatic rings. The maximum atomic E-state index is 14.0. The van der Waals surface area contributed by atoms with Gasteiger partial charge in [-0.25, -0.2) is 4.39 Å². The summed E-state index contributed by atoms with van der Waals surface area (Å²) in [5.41, 5.74) is 0.544. The maximum absolute atomic E-state index is 14.0. The fourth-order valence-corrected chi connectivity index (χ4v) is 3.72. The van der Waals surface area contributed by atoms with Crippen LogP contribution >= 0.6 is 0 Å². The zero-order valence-electron chi connectivity index (χ0n) is 15.8. The van der Waals surface area contributed by atoms with Crippen molar-refractivity contribution in [2.24, 2.45) is 5.16 Å². The van der Waals surface area contributed by atoms with E-state index in [4.69, 9.17) is 4.84 Å². The summed E-state index contributed by atoms with van der Waals surface area (Å²) < 4.78 is 14.0. The van der Waals surface area contributed by atoms with Crippen molar-refractivity contribution in [3.05, 3.63) is 65.7 Å². The number of piperidine rings is 1. The van der Waals surface area contributed by atoms with E-state index in [2.05, 4.69) is 15.5 Å². The minimum Gasteiger partial charge on any atom is -0.386 e. The Bertz CT molecular complexity index is 950. The Morgan fingerprint density at radius 2 is 2.00 bits per heavy atom. The number of hydrogen-bond acceptors (Lipinski definition) is 5. The quantitative estimate of drug-likeness (QED) is 0.860. The van der Waals surface area contributed by atoms with Gasteiger partial charge < -0.3 is 15.1 Å². The summed E-state index contributed by atoms with van der Waals surface area (Å²) in [6, 6.07) is 9.57. The molecule has 1 aromatic heterocycles. The van der Waals surface area contributed by atoms with Crippen molar-refractivity contribution in [2.75, 3.05) is 13.1 Å². The van der Waals surface area contributed by atoms with Gasteiger partial charge in [0.25, 0.3) is 11.8 Å². The summed E-state index contributed by atoms with van der Waals surface area (Å²) in [7, 11) is 0. The average Bonchev–Trinajstić information content (AvgIpc) is 3.16. The SMILES string of the molecule is O=C(NCc1ccncc1)C1=NOC2(CCCN(C(=O)c3ccccc3F)C2)C1. The van der Waals surface area contributed by atoms with E-state index in [-0.39, 0.29) is 23.9 Å². The van der Waals surface area contributed by atoms with E-state index in [0.717, 1.165) is 5.56 Å².